The first-order valence-electron chi connectivity index (χ1n) is 5.33. The van der Waals surface area contributed by atoms with E-state index in [1.165, 1.54) is 0 Å². The van der Waals surface area contributed by atoms with Crippen molar-refractivity contribution in [1.82, 2.24) is 4.57 Å². The number of anilines is 1. The third-order valence-corrected chi connectivity index (χ3v) is 2.53. The van der Waals surface area contributed by atoms with Crippen molar-refractivity contribution in [3.8, 4) is 0 Å². The normalized spacial score (nSPS) is 15.8. The number of hydrogen-bond acceptors (Lipinski definition) is 4. The van der Waals surface area contributed by atoms with Crippen LogP contribution in [0.5, 0.6) is 0 Å². The lowest BCUT2D eigenvalue weighted by Gasteiger charge is -2.27. The van der Waals surface area contributed by atoms with Gasteiger partial charge >= 0.3 is 0 Å². The lowest BCUT2D eigenvalue weighted by Crippen LogP contribution is -2.40. The minimum atomic E-state index is -0.00698. The van der Waals surface area contributed by atoms with Gasteiger partial charge in [0.2, 0.25) is 0 Å². The number of rotatable bonds is 5. The van der Waals surface area contributed by atoms with Crippen molar-refractivity contribution in [1.29, 1.82) is 0 Å². The number of nitrogens with one attached hydrogen (secondary N) is 1. The first kappa shape index (κ1) is 11.2. The predicted molar refractivity (Wildman–Crippen MR) is 60.8 cm³/mol. The Kier molecular flexibility index (Phi) is 3.58. The van der Waals surface area contributed by atoms with Gasteiger partial charge in [0.1, 0.15) is 0 Å². The van der Waals surface area contributed by atoms with Crippen LogP contribution in [0, 0.1) is 0 Å². The largest absolute Gasteiger partial charge is 0.383 e. The van der Waals surface area contributed by atoms with Crippen LogP contribution in [0.3, 0.4) is 0 Å². The number of pyridine rings is 1. The quantitative estimate of drug-likeness (QED) is 0.782. The van der Waals surface area contributed by atoms with Gasteiger partial charge in [-0.2, -0.15) is 0 Å². The molecule has 1 aliphatic heterocycles. The molecule has 0 unspecified atom stereocenters. The van der Waals surface area contributed by atoms with Crippen LogP contribution in [-0.4, -0.2) is 37.5 Å². The van der Waals surface area contributed by atoms with E-state index in [2.05, 4.69) is 5.32 Å². The molecule has 1 fully saturated rings. The Balaban J connectivity index is 2.04. The molecule has 2 heterocycles. The summed E-state index contributed by atoms with van der Waals surface area (Å²) in [7, 11) is 1.62. The van der Waals surface area contributed by atoms with Crippen molar-refractivity contribution in [2.24, 2.45) is 0 Å². The van der Waals surface area contributed by atoms with E-state index in [-0.39, 0.29) is 5.56 Å². The van der Waals surface area contributed by atoms with Gasteiger partial charge in [0.25, 0.3) is 5.56 Å². The maximum absolute atomic E-state index is 11.5. The summed E-state index contributed by atoms with van der Waals surface area (Å²) in [6, 6.07) is 3.73. The van der Waals surface area contributed by atoms with Gasteiger partial charge in [-0.3, -0.25) is 4.79 Å². The highest BCUT2D eigenvalue weighted by Crippen LogP contribution is 2.10. The molecule has 1 N–H and O–H groups in total. The van der Waals surface area contributed by atoms with Gasteiger partial charge in [-0.25, -0.2) is 0 Å². The molecule has 0 saturated carbocycles. The lowest BCUT2D eigenvalue weighted by molar-refractivity contribution is 0.0211. The number of nitrogens with zero attached hydrogens (tertiary/aromatic N) is 1. The van der Waals surface area contributed by atoms with Gasteiger partial charge < -0.3 is 19.4 Å². The zero-order chi connectivity index (χ0) is 11.4. The van der Waals surface area contributed by atoms with Crippen LogP contribution in [0.1, 0.15) is 0 Å². The average Bonchev–Trinajstić information content (AvgIpc) is 2.23. The van der Waals surface area contributed by atoms with Gasteiger partial charge in [-0.15, -0.1) is 0 Å². The van der Waals surface area contributed by atoms with Gasteiger partial charge in [0, 0.05) is 25.9 Å². The smallest absolute Gasteiger partial charge is 0.250 e. The summed E-state index contributed by atoms with van der Waals surface area (Å²) in [6.45, 7) is 2.58. The first-order valence-corrected chi connectivity index (χ1v) is 5.33. The SMILES string of the molecule is COCCn1cc(NC2COC2)ccc1=O. The van der Waals surface area contributed by atoms with Crippen LogP contribution in [-0.2, 0) is 16.0 Å². The van der Waals surface area contributed by atoms with Crippen molar-refractivity contribution in [2.45, 2.75) is 12.6 Å². The Bertz CT molecular complexity index is 398. The van der Waals surface area contributed by atoms with Crippen LogP contribution < -0.4 is 10.9 Å². The second kappa shape index (κ2) is 5.14. The summed E-state index contributed by atoms with van der Waals surface area (Å²) in [4.78, 5) is 11.5. The molecule has 0 radical (unpaired) electrons. The summed E-state index contributed by atoms with van der Waals surface area (Å²) < 4.78 is 11.7. The molecule has 0 aliphatic carbocycles. The molecule has 0 atom stereocenters. The van der Waals surface area contributed by atoms with Gasteiger partial charge in [-0.1, -0.05) is 0 Å². The number of methoxy groups -OCH3 is 1. The molecule has 1 saturated heterocycles. The maximum atomic E-state index is 11.5. The Morgan fingerprint density at radius 1 is 1.56 bits per heavy atom. The molecule has 1 aromatic rings. The van der Waals surface area contributed by atoms with E-state index >= 15 is 0 Å². The molecule has 5 nitrogen and oxygen atoms in total. The summed E-state index contributed by atoms with van der Waals surface area (Å²) in [5.41, 5.74) is 0.941. The van der Waals surface area contributed by atoms with E-state index in [9.17, 15) is 4.79 Å². The van der Waals surface area contributed by atoms with Crippen LogP contribution in [0.2, 0.25) is 0 Å². The van der Waals surface area contributed by atoms with Gasteiger partial charge in [0.05, 0.1) is 31.5 Å². The minimum absolute atomic E-state index is 0.00698. The highest BCUT2D eigenvalue weighted by Gasteiger charge is 2.17. The van der Waals surface area contributed by atoms with E-state index < -0.39 is 0 Å². The lowest BCUT2D eigenvalue weighted by atomic mass is 10.2. The molecule has 88 valence electrons. The standard InChI is InChI=1S/C11H16N2O3/c1-15-5-4-13-6-9(2-3-11(13)14)12-10-7-16-8-10/h2-3,6,10,12H,4-5,7-8H2,1H3. The molecule has 0 bridgehead atoms. The first-order chi connectivity index (χ1) is 7.79. The molecule has 16 heavy (non-hydrogen) atoms. The molecule has 5 heteroatoms. The van der Waals surface area contributed by atoms with Crippen molar-refractivity contribution in [2.75, 3.05) is 32.2 Å². The fourth-order valence-electron chi connectivity index (χ4n) is 1.54. The van der Waals surface area contributed by atoms with Crippen molar-refractivity contribution < 1.29 is 9.47 Å². The zero-order valence-electron chi connectivity index (χ0n) is 9.31. The fraction of sp³-hybridized carbons (Fsp3) is 0.545. The van der Waals surface area contributed by atoms with Gasteiger partial charge in [0.15, 0.2) is 0 Å². The number of hydrogen-bond donors (Lipinski definition) is 1. The van der Waals surface area contributed by atoms with Crippen LogP contribution in [0.25, 0.3) is 0 Å². The molecular weight excluding hydrogens is 208 g/mol. The summed E-state index contributed by atoms with van der Waals surface area (Å²) in [5, 5.41) is 3.30. The van der Waals surface area contributed by atoms with Gasteiger partial charge in [-0.05, 0) is 6.07 Å². The fourth-order valence-corrected chi connectivity index (χ4v) is 1.54. The van der Waals surface area contributed by atoms with Crippen molar-refractivity contribution in [3.05, 3.63) is 28.7 Å². The van der Waals surface area contributed by atoms with E-state index in [0.29, 0.717) is 19.2 Å². The molecule has 0 amide bonds. The Morgan fingerprint density at radius 2 is 2.38 bits per heavy atom. The Hall–Kier alpha value is -1.33. The van der Waals surface area contributed by atoms with E-state index in [0.717, 1.165) is 18.9 Å². The van der Waals surface area contributed by atoms with Crippen LogP contribution >= 0.6 is 0 Å². The van der Waals surface area contributed by atoms with Crippen molar-refractivity contribution in [3.63, 3.8) is 0 Å². The molecule has 0 spiro atoms. The van der Waals surface area contributed by atoms with E-state index in [1.54, 1.807) is 23.8 Å². The Labute approximate surface area is 94.0 Å². The molecule has 1 aromatic heterocycles. The second-order valence-electron chi connectivity index (χ2n) is 3.82. The second-order valence-corrected chi connectivity index (χ2v) is 3.82. The third kappa shape index (κ3) is 2.62. The van der Waals surface area contributed by atoms with E-state index in [4.69, 9.17) is 9.47 Å². The average molecular weight is 224 g/mol. The molecular formula is C11H16N2O3. The van der Waals surface area contributed by atoms with Crippen molar-refractivity contribution >= 4 is 5.69 Å². The highest BCUT2D eigenvalue weighted by molar-refractivity contribution is 5.41. The van der Waals surface area contributed by atoms with Crippen LogP contribution in [0.4, 0.5) is 5.69 Å². The zero-order valence-corrected chi connectivity index (χ0v) is 9.31. The topological polar surface area (TPSA) is 52.5 Å². The monoisotopic (exact) mass is 224 g/mol. The summed E-state index contributed by atoms with van der Waals surface area (Å²) >= 11 is 0. The number of aromatic nitrogens is 1. The molecule has 1 aliphatic rings. The Morgan fingerprint density at radius 3 is 3.00 bits per heavy atom. The van der Waals surface area contributed by atoms with E-state index in [1.807, 2.05) is 6.20 Å². The highest BCUT2D eigenvalue weighted by atomic mass is 16.5. The third-order valence-electron chi connectivity index (χ3n) is 2.53. The maximum Gasteiger partial charge on any atom is 0.250 e. The molecule has 2 rings (SSSR count). The predicted octanol–water partition coefficient (Wildman–Crippen LogP) is 0.305. The summed E-state index contributed by atoms with van der Waals surface area (Å²) in [5.74, 6) is 0. The van der Waals surface area contributed by atoms with Crippen LogP contribution in [0.15, 0.2) is 23.1 Å². The minimum Gasteiger partial charge on any atom is -0.383 e. The molecule has 0 aromatic carbocycles. The summed E-state index contributed by atoms with van der Waals surface area (Å²) in [6.07, 6.45) is 1.82. The number of ether oxygens (including phenoxy) is 2.